The molecule has 2 aliphatic rings. The normalized spacial score (nSPS) is 24.2. The summed E-state index contributed by atoms with van der Waals surface area (Å²) < 4.78 is 24.5. The highest BCUT2D eigenvalue weighted by Crippen LogP contribution is 2.33. The zero-order valence-corrected chi connectivity index (χ0v) is 13.6. The summed E-state index contributed by atoms with van der Waals surface area (Å²) in [6, 6.07) is 1.17. The summed E-state index contributed by atoms with van der Waals surface area (Å²) in [5.74, 6) is -0.362. The summed E-state index contributed by atoms with van der Waals surface area (Å²) in [6.45, 7) is 6.42. The number of rotatable bonds is 1. The van der Waals surface area contributed by atoms with Gasteiger partial charge in [-0.05, 0) is 44.4 Å². The SMILES string of the molecule is CC(C)(C)OC(=O)N1C2C=C(c3cncc(F)c3)CC1COC2. The number of nitrogens with zero attached hydrogens (tertiary/aromatic N) is 2. The number of morpholine rings is 1. The summed E-state index contributed by atoms with van der Waals surface area (Å²) in [5.41, 5.74) is 1.21. The lowest BCUT2D eigenvalue weighted by Crippen LogP contribution is -2.57. The smallest absolute Gasteiger partial charge is 0.411 e. The largest absolute Gasteiger partial charge is 0.444 e. The Balaban J connectivity index is 1.86. The molecular weight excluding hydrogens is 299 g/mol. The topological polar surface area (TPSA) is 51.7 Å². The molecule has 1 saturated heterocycles. The van der Waals surface area contributed by atoms with E-state index in [1.807, 2.05) is 26.8 Å². The van der Waals surface area contributed by atoms with Gasteiger partial charge in [-0.25, -0.2) is 9.18 Å². The number of carbonyl (C=O) groups is 1. The van der Waals surface area contributed by atoms with Crippen molar-refractivity contribution in [1.82, 2.24) is 9.88 Å². The first-order valence-electron chi connectivity index (χ1n) is 7.74. The van der Waals surface area contributed by atoms with E-state index in [0.29, 0.717) is 19.6 Å². The molecule has 3 heterocycles. The Morgan fingerprint density at radius 3 is 2.83 bits per heavy atom. The summed E-state index contributed by atoms with van der Waals surface area (Å²) in [7, 11) is 0. The van der Waals surface area contributed by atoms with E-state index < -0.39 is 5.60 Å². The van der Waals surface area contributed by atoms with Crippen LogP contribution in [0, 0.1) is 5.82 Å². The van der Waals surface area contributed by atoms with Crippen molar-refractivity contribution in [2.75, 3.05) is 13.2 Å². The van der Waals surface area contributed by atoms with Crippen molar-refractivity contribution in [3.05, 3.63) is 35.9 Å². The number of hydrogen-bond donors (Lipinski definition) is 0. The first-order chi connectivity index (χ1) is 10.8. The Bertz CT molecular complexity index is 639. The van der Waals surface area contributed by atoms with Crippen LogP contribution in [0.1, 0.15) is 32.8 Å². The van der Waals surface area contributed by atoms with Gasteiger partial charge in [0.25, 0.3) is 0 Å². The van der Waals surface area contributed by atoms with Crippen molar-refractivity contribution in [1.29, 1.82) is 0 Å². The fourth-order valence-corrected chi connectivity index (χ4v) is 3.00. The highest BCUT2D eigenvalue weighted by Gasteiger charge is 2.40. The maximum atomic E-state index is 13.4. The molecule has 0 radical (unpaired) electrons. The van der Waals surface area contributed by atoms with Crippen molar-refractivity contribution in [2.24, 2.45) is 0 Å². The van der Waals surface area contributed by atoms with E-state index in [1.165, 1.54) is 12.3 Å². The van der Waals surface area contributed by atoms with E-state index in [2.05, 4.69) is 4.98 Å². The molecule has 2 aliphatic heterocycles. The lowest BCUT2D eigenvalue weighted by Gasteiger charge is -2.44. The van der Waals surface area contributed by atoms with Crippen molar-refractivity contribution < 1.29 is 18.7 Å². The Morgan fingerprint density at radius 2 is 2.17 bits per heavy atom. The van der Waals surface area contributed by atoms with Crippen LogP contribution >= 0.6 is 0 Å². The molecule has 0 spiro atoms. The first kappa shape index (κ1) is 15.9. The number of carbonyl (C=O) groups excluding carboxylic acids is 1. The van der Waals surface area contributed by atoms with Gasteiger partial charge in [0, 0.05) is 6.20 Å². The van der Waals surface area contributed by atoms with Gasteiger partial charge in [-0.15, -0.1) is 0 Å². The van der Waals surface area contributed by atoms with Crippen molar-refractivity contribution >= 4 is 11.7 Å². The Morgan fingerprint density at radius 1 is 1.39 bits per heavy atom. The molecule has 1 aromatic rings. The van der Waals surface area contributed by atoms with Crippen LogP contribution in [-0.4, -0.2) is 46.9 Å². The fourth-order valence-electron chi connectivity index (χ4n) is 3.00. The summed E-state index contributed by atoms with van der Waals surface area (Å²) in [6.07, 6.45) is 5.05. The second kappa shape index (κ2) is 5.92. The molecule has 0 saturated carbocycles. The van der Waals surface area contributed by atoms with E-state index in [9.17, 15) is 9.18 Å². The number of pyridine rings is 1. The Labute approximate surface area is 135 Å². The standard InChI is InChI=1S/C17H21FN2O3/c1-17(2,3)23-16(21)20-14-5-11(6-15(20)10-22-9-14)12-4-13(18)8-19-7-12/h4-5,7-8,14-15H,6,9-10H2,1-3H3. The minimum Gasteiger partial charge on any atom is -0.444 e. The first-order valence-corrected chi connectivity index (χ1v) is 7.74. The third-order valence-corrected chi connectivity index (χ3v) is 3.88. The van der Waals surface area contributed by atoms with Gasteiger partial charge in [-0.2, -0.15) is 0 Å². The molecule has 1 aromatic heterocycles. The average Bonchev–Trinajstić information content (AvgIpc) is 2.44. The van der Waals surface area contributed by atoms with Crippen LogP contribution in [-0.2, 0) is 9.47 Å². The monoisotopic (exact) mass is 320 g/mol. The fraction of sp³-hybridized carbons (Fsp3) is 0.529. The van der Waals surface area contributed by atoms with Crippen LogP contribution in [0.15, 0.2) is 24.5 Å². The van der Waals surface area contributed by atoms with Gasteiger partial charge in [0.15, 0.2) is 0 Å². The molecule has 1 amide bonds. The van der Waals surface area contributed by atoms with Gasteiger partial charge in [0.2, 0.25) is 0 Å². The van der Waals surface area contributed by atoms with Crippen LogP contribution in [0.3, 0.4) is 0 Å². The molecule has 2 bridgehead atoms. The average molecular weight is 320 g/mol. The maximum Gasteiger partial charge on any atom is 0.411 e. The van der Waals surface area contributed by atoms with E-state index in [1.54, 1.807) is 11.1 Å². The van der Waals surface area contributed by atoms with E-state index >= 15 is 0 Å². The molecule has 2 unspecified atom stereocenters. The van der Waals surface area contributed by atoms with Gasteiger partial charge in [0.1, 0.15) is 11.4 Å². The van der Waals surface area contributed by atoms with Gasteiger partial charge >= 0.3 is 6.09 Å². The molecule has 23 heavy (non-hydrogen) atoms. The molecular formula is C17H21FN2O3. The Hall–Kier alpha value is -1.95. The third kappa shape index (κ3) is 3.52. The number of amides is 1. The zero-order chi connectivity index (χ0) is 16.6. The molecule has 0 N–H and O–H groups in total. The van der Waals surface area contributed by atoms with Crippen LogP contribution in [0.25, 0.3) is 5.57 Å². The molecule has 5 nitrogen and oxygen atoms in total. The number of halogens is 1. The minimum atomic E-state index is -0.539. The summed E-state index contributed by atoms with van der Waals surface area (Å²) in [4.78, 5) is 18.1. The van der Waals surface area contributed by atoms with E-state index in [-0.39, 0.29) is 24.0 Å². The zero-order valence-electron chi connectivity index (χ0n) is 13.6. The predicted octanol–water partition coefficient (Wildman–Crippen LogP) is 3.01. The molecule has 124 valence electrons. The quantitative estimate of drug-likeness (QED) is 0.798. The molecule has 6 heteroatoms. The third-order valence-electron chi connectivity index (χ3n) is 3.88. The second-order valence-corrected chi connectivity index (χ2v) is 6.93. The van der Waals surface area contributed by atoms with Crippen LogP contribution in [0.5, 0.6) is 0 Å². The van der Waals surface area contributed by atoms with Crippen LogP contribution in [0.2, 0.25) is 0 Å². The minimum absolute atomic E-state index is 0.105. The van der Waals surface area contributed by atoms with Gasteiger partial charge < -0.3 is 9.47 Å². The van der Waals surface area contributed by atoms with Crippen molar-refractivity contribution in [3.8, 4) is 0 Å². The van der Waals surface area contributed by atoms with Gasteiger partial charge in [-0.3, -0.25) is 9.88 Å². The van der Waals surface area contributed by atoms with Crippen molar-refractivity contribution in [3.63, 3.8) is 0 Å². The number of hydrogen-bond acceptors (Lipinski definition) is 4. The molecule has 0 aromatic carbocycles. The predicted molar refractivity (Wildman–Crippen MR) is 83.3 cm³/mol. The van der Waals surface area contributed by atoms with E-state index in [0.717, 1.165) is 11.1 Å². The molecule has 0 aliphatic carbocycles. The molecule has 3 rings (SSSR count). The van der Waals surface area contributed by atoms with Gasteiger partial charge in [0.05, 0.1) is 31.5 Å². The summed E-state index contributed by atoms with van der Waals surface area (Å²) >= 11 is 0. The van der Waals surface area contributed by atoms with Crippen LogP contribution < -0.4 is 0 Å². The molecule has 1 fully saturated rings. The number of ether oxygens (including phenoxy) is 2. The lowest BCUT2D eigenvalue weighted by atomic mass is 9.91. The molecule has 2 atom stereocenters. The number of aromatic nitrogens is 1. The number of fused-ring (bicyclic) bond motifs is 2. The Kier molecular flexibility index (Phi) is 4.10. The van der Waals surface area contributed by atoms with Crippen molar-refractivity contribution in [2.45, 2.75) is 44.9 Å². The van der Waals surface area contributed by atoms with E-state index in [4.69, 9.17) is 9.47 Å². The lowest BCUT2D eigenvalue weighted by molar-refractivity contribution is -0.0510. The maximum absolute atomic E-state index is 13.4. The highest BCUT2D eigenvalue weighted by atomic mass is 19.1. The second-order valence-electron chi connectivity index (χ2n) is 6.93. The highest BCUT2D eigenvalue weighted by molar-refractivity contribution is 5.74. The summed E-state index contributed by atoms with van der Waals surface area (Å²) in [5, 5.41) is 0. The van der Waals surface area contributed by atoms with Gasteiger partial charge in [-0.1, -0.05) is 6.08 Å². The van der Waals surface area contributed by atoms with Crippen LogP contribution in [0.4, 0.5) is 9.18 Å².